The topological polar surface area (TPSA) is 72.4 Å². The number of benzene rings is 1. The summed E-state index contributed by atoms with van der Waals surface area (Å²) in [5.41, 5.74) is 2.46. The second-order valence-corrected chi connectivity index (χ2v) is 8.48. The van der Waals surface area contributed by atoms with E-state index in [1.54, 1.807) is 0 Å². The average Bonchev–Trinajstić information content (AvgIpc) is 3.10. The summed E-state index contributed by atoms with van der Waals surface area (Å²) in [6.07, 6.45) is 2.30. The van der Waals surface area contributed by atoms with Gasteiger partial charge in [0.25, 0.3) is 0 Å². The van der Waals surface area contributed by atoms with Crippen molar-refractivity contribution >= 4 is 27.7 Å². The van der Waals surface area contributed by atoms with Gasteiger partial charge in [-0.3, -0.25) is 9.11 Å². The summed E-state index contributed by atoms with van der Waals surface area (Å²) < 4.78 is 27.4. The highest BCUT2D eigenvalue weighted by atomic mass is 32.2. The third-order valence-corrected chi connectivity index (χ3v) is 6.48. The largest absolute Gasteiger partial charge is 0.771 e. The Morgan fingerprint density at radius 3 is 2.54 bits per heavy atom. The molecular formula is C18H25N4O2S2-. The van der Waals surface area contributed by atoms with Crippen LogP contribution in [0.2, 0.25) is 0 Å². The van der Waals surface area contributed by atoms with Gasteiger partial charge in [0.1, 0.15) is 5.82 Å². The Morgan fingerprint density at radius 1 is 1.23 bits per heavy atom. The number of hydrogen-bond acceptors (Lipinski definition) is 7. The van der Waals surface area contributed by atoms with E-state index in [1.165, 1.54) is 22.7 Å². The molecule has 3 rings (SSSR count). The fourth-order valence-electron chi connectivity index (χ4n) is 3.18. The van der Waals surface area contributed by atoms with Gasteiger partial charge >= 0.3 is 0 Å². The van der Waals surface area contributed by atoms with Crippen LogP contribution in [0, 0.1) is 6.92 Å². The molecule has 0 saturated carbocycles. The van der Waals surface area contributed by atoms with Gasteiger partial charge in [0, 0.05) is 44.1 Å². The van der Waals surface area contributed by atoms with Crippen molar-refractivity contribution in [3.05, 3.63) is 41.2 Å². The Balaban J connectivity index is 1.57. The first-order chi connectivity index (χ1) is 12.6. The Kier molecular flexibility index (Phi) is 6.74. The van der Waals surface area contributed by atoms with E-state index in [-0.39, 0.29) is 5.37 Å². The highest BCUT2D eigenvalue weighted by Crippen LogP contribution is 2.22. The summed E-state index contributed by atoms with van der Waals surface area (Å²) in [5.74, 6) is 0.848. The minimum Gasteiger partial charge on any atom is -0.771 e. The van der Waals surface area contributed by atoms with Crippen LogP contribution in [0.5, 0.6) is 0 Å². The first kappa shape index (κ1) is 19.4. The number of anilines is 1. The molecule has 8 heteroatoms. The second kappa shape index (κ2) is 9.03. The minimum absolute atomic E-state index is 0.367. The highest BCUT2D eigenvalue weighted by molar-refractivity contribution is 7.79. The zero-order valence-electron chi connectivity index (χ0n) is 15.3. The molecule has 0 aliphatic carbocycles. The van der Waals surface area contributed by atoms with E-state index >= 15 is 0 Å². The predicted octanol–water partition coefficient (Wildman–Crippen LogP) is 2.56. The lowest BCUT2D eigenvalue weighted by molar-refractivity contribution is 0.221. The average molecular weight is 394 g/mol. The third kappa shape index (κ3) is 4.88. The van der Waals surface area contributed by atoms with Gasteiger partial charge in [0.2, 0.25) is 5.13 Å². The van der Waals surface area contributed by atoms with Crippen LogP contribution in [0.4, 0.5) is 5.13 Å². The van der Waals surface area contributed by atoms with E-state index in [0.717, 1.165) is 50.0 Å². The van der Waals surface area contributed by atoms with E-state index in [9.17, 15) is 8.76 Å². The number of aryl methyl sites for hydroxylation is 1. The van der Waals surface area contributed by atoms with Crippen LogP contribution < -0.4 is 4.90 Å². The van der Waals surface area contributed by atoms with Crippen molar-refractivity contribution in [3.63, 3.8) is 0 Å². The molecule has 6 nitrogen and oxygen atoms in total. The number of aromatic nitrogens is 2. The van der Waals surface area contributed by atoms with Gasteiger partial charge in [0.05, 0.1) is 5.37 Å². The molecule has 1 aliphatic rings. The molecule has 1 aliphatic heterocycles. The van der Waals surface area contributed by atoms with E-state index in [4.69, 9.17) is 0 Å². The molecule has 0 bridgehead atoms. The lowest BCUT2D eigenvalue weighted by Crippen LogP contribution is -2.51. The number of piperazine rings is 1. The van der Waals surface area contributed by atoms with Crippen molar-refractivity contribution in [3.8, 4) is 0 Å². The van der Waals surface area contributed by atoms with Gasteiger partial charge in [0.15, 0.2) is 0 Å². The molecule has 0 N–H and O–H groups in total. The van der Waals surface area contributed by atoms with Gasteiger partial charge in [-0.2, -0.15) is 4.37 Å². The van der Waals surface area contributed by atoms with Crippen molar-refractivity contribution in [2.45, 2.75) is 38.5 Å². The fourth-order valence-corrected chi connectivity index (χ4v) is 4.80. The standard InChI is InChI=1S/C18H26N4O2S2/c1-3-4-17(26(23)24)21-9-11-22(12-10-21)18-19-16(20-25-18)13-15-7-5-14(2)6-8-15/h5-8,17H,3-4,9-13H2,1-2H3,(H,23,24)/p-1. The summed E-state index contributed by atoms with van der Waals surface area (Å²) in [7, 11) is 0. The smallest absolute Gasteiger partial charge is 0.205 e. The molecule has 1 fully saturated rings. The van der Waals surface area contributed by atoms with Crippen LogP contribution >= 0.6 is 11.5 Å². The van der Waals surface area contributed by atoms with Crippen molar-refractivity contribution in [2.75, 3.05) is 31.1 Å². The molecule has 0 spiro atoms. The van der Waals surface area contributed by atoms with Gasteiger partial charge in [-0.25, -0.2) is 4.98 Å². The van der Waals surface area contributed by atoms with Crippen LogP contribution in [-0.2, 0) is 17.5 Å². The molecule has 2 heterocycles. The SMILES string of the molecule is CCCC(N1CCN(c2nc(Cc3ccc(C)cc3)ns2)CC1)S(=O)[O-]. The lowest BCUT2D eigenvalue weighted by atomic mass is 10.1. The molecule has 2 aromatic rings. The lowest BCUT2D eigenvalue weighted by Gasteiger charge is -2.39. The molecule has 2 unspecified atom stereocenters. The molecule has 1 saturated heterocycles. The molecule has 0 radical (unpaired) electrons. The van der Waals surface area contributed by atoms with Crippen LogP contribution in [-0.4, -0.2) is 54.6 Å². The molecule has 1 aromatic carbocycles. The van der Waals surface area contributed by atoms with Crippen LogP contribution in [0.15, 0.2) is 24.3 Å². The summed E-state index contributed by atoms with van der Waals surface area (Å²) in [6, 6.07) is 8.44. The van der Waals surface area contributed by atoms with Gasteiger partial charge < -0.3 is 9.45 Å². The number of hydrogen-bond donors (Lipinski definition) is 0. The monoisotopic (exact) mass is 393 g/mol. The molecule has 2 atom stereocenters. The third-order valence-electron chi connectivity index (χ3n) is 4.69. The van der Waals surface area contributed by atoms with Crippen LogP contribution in [0.25, 0.3) is 0 Å². The van der Waals surface area contributed by atoms with Gasteiger partial charge in [-0.15, -0.1) is 0 Å². The maximum absolute atomic E-state index is 11.5. The Morgan fingerprint density at radius 2 is 1.92 bits per heavy atom. The van der Waals surface area contributed by atoms with E-state index in [2.05, 4.69) is 50.3 Å². The first-order valence-corrected chi connectivity index (χ1v) is 10.9. The molecule has 142 valence electrons. The van der Waals surface area contributed by atoms with Crippen molar-refractivity contribution in [1.82, 2.24) is 14.3 Å². The second-order valence-electron chi connectivity index (χ2n) is 6.68. The zero-order valence-corrected chi connectivity index (χ0v) is 16.9. The summed E-state index contributed by atoms with van der Waals surface area (Å²) in [5, 5.41) is 0.565. The Hall–Kier alpha value is -1.35. The zero-order chi connectivity index (χ0) is 18.5. The summed E-state index contributed by atoms with van der Waals surface area (Å²) in [6.45, 7) is 7.16. The quantitative estimate of drug-likeness (QED) is 0.673. The summed E-state index contributed by atoms with van der Waals surface area (Å²) in [4.78, 5) is 8.96. The normalized spacial score (nSPS) is 18.0. The van der Waals surface area contributed by atoms with Crippen molar-refractivity contribution in [2.24, 2.45) is 0 Å². The van der Waals surface area contributed by atoms with Gasteiger partial charge in [-0.1, -0.05) is 43.2 Å². The molecule has 1 aromatic heterocycles. The number of nitrogens with zero attached hydrogens (tertiary/aromatic N) is 4. The predicted molar refractivity (Wildman–Crippen MR) is 105 cm³/mol. The van der Waals surface area contributed by atoms with Crippen molar-refractivity contribution in [1.29, 1.82) is 0 Å². The van der Waals surface area contributed by atoms with Crippen LogP contribution in [0.3, 0.4) is 0 Å². The van der Waals surface area contributed by atoms with E-state index < -0.39 is 11.1 Å². The molecule has 26 heavy (non-hydrogen) atoms. The van der Waals surface area contributed by atoms with Crippen molar-refractivity contribution < 1.29 is 8.76 Å². The molecular weight excluding hydrogens is 368 g/mol. The van der Waals surface area contributed by atoms with E-state index in [1.807, 2.05) is 6.92 Å². The van der Waals surface area contributed by atoms with Gasteiger partial charge in [-0.05, 0) is 30.0 Å². The molecule has 0 amide bonds. The Labute approximate surface area is 161 Å². The Bertz CT molecular complexity index is 727. The first-order valence-electron chi connectivity index (χ1n) is 9.02. The summed E-state index contributed by atoms with van der Waals surface area (Å²) >= 11 is -0.616. The number of rotatable bonds is 7. The van der Waals surface area contributed by atoms with Crippen LogP contribution in [0.1, 0.15) is 36.7 Å². The highest BCUT2D eigenvalue weighted by Gasteiger charge is 2.25. The maximum atomic E-state index is 11.5. The minimum atomic E-state index is -2.04. The fraction of sp³-hybridized carbons (Fsp3) is 0.556. The van der Waals surface area contributed by atoms with E-state index in [0.29, 0.717) is 6.42 Å². The maximum Gasteiger partial charge on any atom is 0.205 e.